The van der Waals surface area contributed by atoms with E-state index in [9.17, 15) is 5.11 Å². The van der Waals surface area contributed by atoms with E-state index >= 15 is 0 Å². The molecule has 2 aromatic carbocycles. The summed E-state index contributed by atoms with van der Waals surface area (Å²) in [6.07, 6.45) is 3.39. The zero-order valence-corrected chi connectivity index (χ0v) is 11.2. The summed E-state index contributed by atoms with van der Waals surface area (Å²) >= 11 is 0. The first-order valence-corrected chi connectivity index (χ1v) is 6.32. The van der Waals surface area contributed by atoms with Crippen LogP contribution in [0, 0.1) is 5.41 Å². The molecule has 1 N–H and O–H groups in total. The molecule has 1 heteroatoms. The van der Waals surface area contributed by atoms with Crippen molar-refractivity contribution in [3.05, 3.63) is 60.2 Å². The molecule has 0 fully saturated rings. The summed E-state index contributed by atoms with van der Waals surface area (Å²) in [5, 5.41) is 12.6. The Bertz CT molecular complexity index is 556. The quantitative estimate of drug-likeness (QED) is 0.767. The molecular formula is C17H20O. The Balaban J connectivity index is 2.39. The maximum absolute atomic E-state index is 10.3. The summed E-state index contributed by atoms with van der Waals surface area (Å²) in [6.45, 7) is 6.37. The van der Waals surface area contributed by atoms with Crippen LogP contribution in [0.4, 0.5) is 0 Å². The van der Waals surface area contributed by atoms with Gasteiger partial charge < -0.3 is 5.11 Å². The fourth-order valence-corrected chi connectivity index (χ4v) is 1.99. The lowest BCUT2D eigenvalue weighted by atomic mass is 9.93. The molecule has 0 radical (unpaired) electrons. The number of rotatable bonds is 2. The van der Waals surface area contributed by atoms with Gasteiger partial charge in [-0.2, -0.15) is 0 Å². The highest BCUT2D eigenvalue weighted by atomic mass is 16.3. The zero-order valence-electron chi connectivity index (χ0n) is 11.2. The molecule has 94 valence electrons. The summed E-state index contributed by atoms with van der Waals surface area (Å²) < 4.78 is 0. The lowest BCUT2D eigenvalue weighted by Gasteiger charge is -2.14. The normalized spacial score (nSPS) is 14.2. The molecule has 1 nitrogen and oxygen atoms in total. The maximum atomic E-state index is 10.3. The minimum absolute atomic E-state index is 0.0889. The van der Waals surface area contributed by atoms with Gasteiger partial charge in [0.2, 0.25) is 0 Å². The van der Waals surface area contributed by atoms with E-state index in [1.807, 2.05) is 30.3 Å². The third-order valence-electron chi connectivity index (χ3n) is 2.92. The third kappa shape index (κ3) is 2.99. The molecule has 0 amide bonds. The van der Waals surface area contributed by atoms with Crippen molar-refractivity contribution in [3.8, 4) is 0 Å². The summed E-state index contributed by atoms with van der Waals surface area (Å²) in [5.41, 5.74) is 1.06. The summed E-state index contributed by atoms with van der Waals surface area (Å²) in [7, 11) is 0. The van der Waals surface area contributed by atoms with Crippen LogP contribution in [0.5, 0.6) is 0 Å². The highest BCUT2D eigenvalue weighted by molar-refractivity contribution is 5.86. The fraction of sp³-hybridized carbons (Fsp3) is 0.294. The van der Waals surface area contributed by atoms with E-state index in [0.717, 1.165) is 10.9 Å². The van der Waals surface area contributed by atoms with Crippen LogP contribution in [0.3, 0.4) is 0 Å². The van der Waals surface area contributed by atoms with Crippen LogP contribution < -0.4 is 0 Å². The smallest absolute Gasteiger partial charge is 0.0977 e. The van der Waals surface area contributed by atoms with E-state index in [-0.39, 0.29) is 5.41 Å². The number of benzene rings is 2. The Morgan fingerprint density at radius 2 is 1.67 bits per heavy atom. The predicted molar refractivity (Wildman–Crippen MR) is 77.5 cm³/mol. The second-order valence-electron chi connectivity index (χ2n) is 5.74. The highest BCUT2D eigenvalue weighted by Gasteiger charge is 2.10. The minimum atomic E-state index is -0.546. The van der Waals surface area contributed by atoms with E-state index in [1.165, 1.54) is 5.39 Å². The van der Waals surface area contributed by atoms with Gasteiger partial charge >= 0.3 is 0 Å². The molecule has 0 saturated heterocycles. The average molecular weight is 240 g/mol. The molecule has 0 aliphatic carbocycles. The van der Waals surface area contributed by atoms with Crippen molar-refractivity contribution in [2.24, 2.45) is 5.41 Å². The monoisotopic (exact) mass is 240 g/mol. The van der Waals surface area contributed by atoms with Crippen molar-refractivity contribution in [2.75, 3.05) is 0 Å². The van der Waals surface area contributed by atoms with Gasteiger partial charge in [-0.3, -0.25) is 0 Å². The average Bonchev–Trinajstić information content (AvgIpc) is 2.34. The Hall–Kier alpha value is -1.60. The van der Waals surface area contributed by atoms with Crippen molar-refractivity contribution >= 4 is 10.8 Å². The van der Waals surface area contributed by atoms with E-state index < -0.39 is 6.10 Å². The number of aliphatic hydroxyl groups excluding tert-OH is 1. The first-order chi connectivity index (χ1) is 8.47. The van der Waals surface area contributed by atoms with E-state index in [1.54, 1.807) is 0 Å². The molecule has 0 unspecified atom stereocenters. The summed E-state index contributed by atoms with van der Waals surface area (Å²) in [6, 6.07) is 14.2. The van der Waals surface area contributed by atoms with E-state index in [0.29, 0.717) is 0 Å². The van der Waals surface area contributed by atoms with E-state index in [2.05, 4.69) is 45.0 Å². The molecule has 2 rings (SSSR count). The van der Waals surface area contributed by atoms with Crippen LogP contribution in [-0.4, -0.2) is 5.11 Å². The molecule has 0 heterocycles. The molecule has 0 bridgehead atoms. The number of aliphatic hydroxyl groups is 1. The molecule has 0 aliphatic rings. The van der Waals surface area contributed by atoms with Gasteiger partial charge in [0.25, 0.3) is 0 Å². The lowest BCUT2D eigenvalue weighted by Crippen LogP contribution is -2.01. The van der Waals surface area contributed by atoms with Crippen molar-refractivity contribution in [3.63, 3.8) is 0 Å². The van der Waals surface area contributed by atoms with Gasteiger partial charge in [-0.25, -0.2) is 0 Å². The van der Waals surface area contributed by atoms with Crippen LogP contribution >= 0.6 is 0 Å². The van der Waals surface area contributed by atoms with Gasteiger partial charge in [0.15, 0.2) is 0 Å². The second-order valence-corrected chi connectivity index (χ2v) is 5.74. The number of allylic oxidation sites excluding steroid dienone is 1. The van der Waals surface area contributed by atoms with Gasteiger partial charge in [0.05, 0.1) is 6.10 Å². The van der Waals surface area contributed by atoms with Crippen molar-refractivity contribution in [2.45, 2.75) is 26.9 Å². The number of hydrogen-bond donors (Lipinski definition) is 1. The Kier molecular flexibility index (Phi) is 3.53. The third-order valence-corrected chi connectivity index (χ3v) is 2.92. The van der Waals surface area contributed by atoms with Crippen molar-refractivity contribution < 1.29 is 5.11 Å². The molecule has 0 saturated carbocycles. The molecule has 18 heavy (non-hydrogen) atoms. The van der Waals surface area contributed by atoms with Gasteiger partial charge in [-0.15, -0.1) is 0 Å². The SMILES string of the molecule is CC(C)(C)C=C[C@@H](O)c1cccc2ccccc12. The van der Waals surface area contributed by atoms with Crippen molar-refractivity contribution in [1.82, 2.24) is 0 Å². The van der Waals surface area contributed by atoms with Crippen LogP contribution in [0.25, 0.3) is 10.8 Å². The number of fused-ring (bicyclic) bond motifs is 1. The molecule has 0 aromatic heterocycles. The molecule has 0 aliphatic heterocycles. The van der Waals surface area contributed by atoms with Gasteiger partial charge in [-0.1, -0.05) is 75.4 Å². The van der Waals surface area contributed by atoms with E-state index in [4.69, 9.17) is 0 Å². The Labute approximate surface area is 109 Å². The van der Waals surface area contributed by atoms with Gasteiger partial charge in [0.1, 0.15) is 0 Å². The molecule has 1 atom stereocenters. The Morgan fingerprint density at radius 3 is 2.39 bits per heavy atom. The highest BCUT2D eigenvalue weighted by Crippen LogP contribution is 2.26. The van der Waals surface area contributed by atoms with Crippen LogP contribution in [0.2, 0.25) is 0 Å². The zero-order chi connectivity index (χ0) is 13.2. The maximum Gasteiger partial charge on any atom is 0.0977 e. The fourth-order valence-electron chi connectivity index (χ4n) is 1.99. The van der Waals surface area contributed by atoms with Crippen LogP contribution in [0.15, 0.2) is 54.6 Å². The largest absolute Gasteiger partial charge is 0.384 e. The molecular weight excluding hydrogens is 220 g/mol. The second kappa shape index (κ2) is 4.95. The minimum Gasteiger partial charge on any atom is -0.384 e. The van der Waals surface area contributed by atoms with Gasteiger partial charge in [-0.05, 0) is 21.8 Å². The van der Waals surface area contributed by atoms with Crippen LogP contribution in [0.1, 0.15) is 32.4 Å². The summed E-state index contributed by atoms with van der Waals surface area (Å²) in [4.78, 5) is 0. The lowest BCUT2D eigenvalue weighted by molar-refractivity contribution is 0.228. The topological polar surface area (TPSA) is 20.2 Å². The first kappa shape index (κ1) is 12.8. The Morgan fingerprint density at radius 1 is 1.00 bits per heavy atom. The molecule has 0 spiro atoms. The summed E-state index contributed by atoms with van der Waals surface area (Å²) in [5.74, 6) is 0. The van der Waals surface area contributed by atoms with Crippen molar-refractivity contribution in [1.29, 1.82) is 0 Å². The number of hydrogen-bond acceptors (Lipinski definition) is 1. The standard InChI is InChI=1S/C17H20O/c1-17(2,3)12-11-16(18)15-10-6-8-13-7-4-5-9-14(13)15/h4-12,16,18H,1-3H3/t16-/m1/s1. The van der Waals surface area contributed by atoms with Crippen LogP contribution in [-0.2, 0) is 0 Å². The molecule has 2 aromatic rings. The van der Waals surface area contributed by atoms with Gasteiger partial charge in [0, 0.05) is 0 Å². The predicted octanol–water partition coefficient (Wildman–Crippen LogP) is 4.48. The first-order valence-electron chi connectivity index (χ1n) is 6.32.